The number of aromatic nitrogens is 2. The van der Waals surface area contributed by atoms with Crippen molar-refractivity contribution in [1.29, 1.82) is 5.26 Å². The van der Waals surface area contributed by atoms with E-state index in [9.17, 15) is 0 Å². The van der Waals surface area contributed by atoms with Gasteiger partial charge in [-0.15, -0.1) is 0 Å². The minimum Gasteiger partial charge on any atom is -0.366 e. The molecule has 0 unspecified atom stereocenters. The Labute approximate surface area is 99.7 Å². The summed E-state index contributed by atoms with van der Waals surface area (Å²) in [6.07, 6.45) is 7.74. The van der Waals surface area contributed by atoms with E-state index in [1.807, 2.05) is 6.07 Å². The van der Waals surface area contributed by atoms with E-state index in [1.54, 1.807) is 6.20 Å². The fourth-order valence-electron chi connectivity index (χ4n) is 1.97. The van der Waals surface area contributed by atoms with Gasteiger partial charge in [0, 0.05) is 6.04 Å². The molecular formula is C11H13ClN4. The van der Waals surface area contributed by atoms with Crippen LogP contribution in [-0.2, 0) is 0 Å². The van der Waals surface area contributed by atoms with E-state index >= 15 is 0 Å². The van der Waals surface area contributed by atoms with E-state index in [4.69, 9.17) is 16.9 Å². The molecule has 0 aliphatic heterocycles. The molecule has 0 aromatic carbocycles. The molecule has 1 aliphatic carbocycles. The van der Waals surface area contributed by atoms with Gasteiger partial charge in [-0.2, -0.15) is 5.26 Å². The average molecular weight is 237 g/mol. The van der Waals surface area contributed by atoms with Gasteiger partial charge in [0.2, 0.25) is 0 Å². The van der Waals surface area contributed by atoms with Crippen LogP contribution in [0.4, 0.5) is 5.82 Å². The molecule has 4 nitrogen and oxygen atoms in total. The Bertz CT molecular complexity index is 407. The van der Waals surface area contributed by atoms with Crippen LogP contribution in [-0.4, -0.2) is 16.0 Å². The quantitative estimate of drug-likeness (QED) is 0.858. The Morgan fingerprint density at radius 1 is 1.38 bits per heavy atom. The molecule has 0 atom stereocenters. The topological polar surface area (TPSA) is 61.6 Å². The number of nitriles is 1. The second-order valence-electron chi connectivity index (χ2n) is 3.99. The minimum atomic E-state index is 0.170. The van der Waals surface area contributed by atoms with E-state index in [2.05, 4.69) is 15.3 Å². The highest BCUT2D eigenvalue weighted by atomic mass is 35.5. The summed E-state index contributed by atoms with van der Waals surface area (Å²) in [5, 5.41) is 12.1. The summed E-state index contributed by atoms with van der Waals surface area (Å²) in [5.74, 6) is 0.663. The molecule has 0 saturated heterocycles. The Morgan fingerprint density at radius 2 is 2.12 bits per heavy atom. The summed E-state index contributed by atoms with van der Waals surface area (Å²) in [6.45, 7) is 0. The highest BCUT2D eigenvalue weighted by Crippen LogP contribution is 2.21. The summed E-state index contributed by atoms with van der Waals surface area (Å²) in [7, 11) is 0. The SMILES string of the molecule is N#Cc1ncc(NC2CCCCC2)nc1Cl. The standard InChI is InChI=1S/C11H13ClN4/c12-11-9(6-13)14-7-10(16-11)15-8-4-2-1-3-5-8/h7-8H,1-5H2,(H,15,16). The van der Waals surface area contributed by atoms with Gasteiger partial charge >= 0.3 is 0 Å². The number of halogens is 1. The second kappa shape index (κ2) is 5.13. The predicted molar refractivity (Wildman–Crippen MR) is 62.3 cm³/mol. The van der Waals surface area contributed by atoms with Crippen molar-refractivity contribution in [3.8, 4) is 6.07 Å². The number of nitrogens with zero attached hydrogens (tertiary/aromatic N) is 3. The smallest absolute Gasteiger partial charge is 0.178 e. The van der Waals surface area contributed by atoms with Crippen molar-refractivity contribution in [3.63, 3.8) is 0 Å². The molecular weight excluding hydrogens is 224 g/mol. The molecule has 16 heavy (non-hydrogen) atoms. The fraction of sp³-hybridized carbons (Fsp3) is 0.545. The van der Waals surface area contributed by atoms with Crippen LogP contribution in [0.3, 0.4) is 0 Å². The molecule has 1 heterocycles. The first kappa shape index (κ1) is 11.2. The number of anilines is 1. The van der Waals surface area contributed by atoms with Crippen molar-refractivity contribution in [3.05, 3.63) is 17.0 Å². The largest absolute Gasteiger partial charge is 0.366 e. The van der Waals surface area contributed by atoms with Gasteiger partial charge in [-0.1, -0.05) is 30.9 Å². The molecule has 2 rings (SSSR count). The Balaban J connectivity index is 2.04. The summed E-state index contributed by atoms with van der Waals surface area (Å²) in [6, 6.07) is 2.36. The van der Waals surface area contributed by atoms with Crippen molar-refractivity contribution < 1.29 is 0 Å². The van der Waals surface area contributed by atoms with Crippen LogP contribution in [0.15, 0.2) is 6.20 Å². The number of hydrogen-bond donors (Lipinski definition) is 1. The first-order chi connectivity index (χ1) is 7.79. The minimum absolute atomic E-state index is 0.170. The zero-order chi connectivity index (χ0) is 11.4. The van der Waals surface area contributed by atoms with Gasteiger partial charge in [-0.25, -0.2) is 9.97 Å². The second-order valence-corrected chi connectivity index (χ2v) is 4.34. The lowest BCUT2D eigenvalue weighted by Crippen LogP contribution is -2.23. The summed E-state index contributed by atoms with van der Waals surface area (Å²) < 4.78 is 0. The van der Waals surface area contributed by atoms with E-state index in [0.717, 1.165) is 0 Å². The van der Waals surface area contributed by atoms with Crippen molar-refractivity contribution in [1.82, 2.24) is 9.97 Å². The lowest BCUT2D eigenvalue weighted by atomic mass is 9.96. The van der Waals surface area contributed by atoms with Gasteiger partial charge in [-0.3, -0.25) is 0 Å². The first-order valence-corrected chi connectivity index (χ1v) is 5.86. The molecule has 0 bridgehead atoms. The molecule has 84 valence electrons. The van der Waals surface area contributed by atoms with Gasteiger partial charge in [0.1, 0.15) is 11.9 Å². The normalized spacial score (nSPS) is 16.8. The molecule has 1 saturated carbocycles. The van der Waals surface area contributed by atoms with Gasteiger partial charge in [0.05, 0.1) is 6.20 Å². The third-order valence-corrected chi connectivity index (χ3v) is 3.06. The molecule has 1 fully saturated rings. The molecule has 0 amide bonds. The highest BCUT2D eigenvalue weighted by Gasteiger charge is 2.14. The molecule has 1 aromatic heterocycles. The van der Waals surface area contributed by atoms with Crippen LogP contribution >= 0.6 is 11.6 Å². The van der Waals surface area contributed by atoms with Gasteiger partial charge in [0.15, 0.2) is 10.8 Å². The Morgan fingerprint density at radius 3 is 2.75 bits per heavy atom. The number of rotatable bonds is 2. The van der Waals surface area contributed by atoms with E-state index in [-0.39, 0.29) is 10.8 Å². The van der Waals surface area contributed by atoms with Crippen LogP contribution in [0.25, 0.3) is 0 Å². The van der Waals surface area contributed by atoms with E-state index in [1.165, 1.54) is 32.1 Å². The summed E-state index contributed by atoms with van der Waals surface area (Å²) in [5.41, 5.74) is 0.177. The summed E-state index contributed by atoms with van der Waals surface area (Å²) >= 11 is 5.81. The van der Waals surface area contributed by atoms with Crippen LogP contribution < -0.4 is 5.32 Å². The maximum Gasteiger partial charge on any atom is 0.178 e. The van der Waals surface area contributed by atoms with Crippen LogP contribution in [0, 0.1) is 11.3 Å². The third kappa shape index (κ3) is 2.61. The average Bonchev–Trinajstić information content (AvgIpc) is 2.31. The van der Waals surface area contributed by atoms with Crippen molar-refractivity contribution >= 4 is 17.4 Å². The number of hydrogen-bond acceptors (Lipinski definition) is 4. The summed E-state index contributed by atoms with van der Waals surface area (Å²) in [4.78, 5) is 8.05. The zero-order valence-electron chi connectivity index (χ0n) is 8.91. The van der Waals surface area contributed by atoms with Crippen LogP contribution in [0.1, 0.15) is 37.8 Å². The molecule has 5 heteroatoms. The Kier molecular flexibility index (Phi) is 3.58. The Hall–Kier alpha value is -1.34. The van der Waals surface area contributed by atoms with E-state index in [0.29, 0.717) is 11.9 Å². The molecule has 1 aliphatic rings. The van der Waals surface area contributed by atoms with Crippen molar-refractivity contribution in [2.75, 3.05) is 5.32 Å². The van der Waals surface area contributed by atoms with Gasteiger partial charge in [0.25, 0.3) is 0 Å². The first-order valence-electron chi connectivity index (χ1n) is 5.49. The maximum absolute atomic E-state index is 8.67. The molecule has 0 spiro atoms. The highest BCUT2D eigenvalue weighted by molar-refractivity contribution is 6.30. The fourth-order valence-corrected chi connectivity index (χ4v) is 2.15. The zero-order valence-corrected chi connectivity index (χ0v) is 9.67. The van der Waals surface area contributed by atoms with Crippen LogP contribution in [0.2, 0.25) is 5.15 Å². The molecule has 1 aromatic rings. The predicted octanol–water partition coefficient (Wildman–Crippen LogP) is 2.75. The lowest BCUT2D eigenvalue weighted by molar-refractivity contribution is 0.461. The van der Waals surface area contributed by atoms with Crippen molar-refractivity contribution in [2.45, 2.75) is 38.1 Å². The lowest BCUT2D eigenvalue weighted by Gasteiger charge is -2.23. The maximum atomic E-state index is 8.67. The van der Waals surface area contributed by atoms with E-state index < -0.39 is 0 Å². The third-order valence-electron chi connectivity index (χ3n) is 2.79. The monoisotopic (exact) mass is 236 g/mol. The van der Waals surface area contributed by atoms with Crippen LogP contribution in [0.5, 0.6) is 0 Å². The number of nitrogens with one attached hydrogen (secondary N) is 1. The molecule has 0 radical (unpaired) electrons. The van der Waals surface area contributed by atoms with Crippen molar-refractivity contribution in [2.24, 2.45) is 0 Å². The molecule has 1 N–H and O–H groups in total. The van der Waals surface area contributed by atoms with Gasteiger partial charge in [-0.05, 0) is 12.8 Å². The van der Waals surface area contributed by atoms with Gasteiger partial charge < -0.3 is 5.32 Å².